The van der Waals surface area contributed by atoms with Gasteiger partial charge in [0.05, 0.1) is 34.4 Å². The van der Waals surface area contributed by atoms with Gasteiger partial charge in [-0.05, 0) is 37.3 Å². The van der Waals surface area contributed by atoms with Gasteiger partial charge in [-0.2, -0.15) is 0 Å². The van der Waals surface area contributed by atoms with E-state index in [9.17, 15) is 4.79 Å². The molecule has 2 N–H and O–H groups in total. The van der Waals surface area contributed by atoms with Crippen molar-refractivity contribution in [2.24, 2.45) is 0 Å². The van der Waals surface area contributed by atoms with Gasteiger partial charge in [0.25, 0.3) is 0 Å². The molecule has 6 heteroatoms. The lowest BCUT2D eigenvalue weighted by Crippen LogP contribution is -2.02. The second-order valence-electron chi connectivity index (χ2n) is 5.62. The molecule has 0 aliphatic carbocycles. The van der Waals surface area contributed by atoms with E-state index < -0.39 is 0 Å². The number of rotatable bonds is 3. The molecule has 0 fully saturated rings. The Morgan fingerprint density at radius 1 is 1.20 bits per heavy atom. The molecule has 4 aromatic rings. The summed E-state index contributed by atoms with van der Waals surface area (Å²) >= 11 is 0. The van der Waals surface area contributed by atoms with E-state index in [1.165, 1.54) is 0 Å². The van der Waals surface area contributed by atoms with E-state index in [1.807, 2.05) is 40.8 Å². The fraction of sp³-hybridized carbons (Fsp3) is 0.105. The second kappa shape index (κ2) is 5.90. The first kappa shape index (κ1) is 15.1. The minimum absolute atomic E-state index is 0.326. The zero-order valence-corrected chi connectivity index (χ0v) is 13.6. The Morgan fingerprint density at radius 2 is 2.08 bits per heavy atom. The molecular formula is C19H16N4O2. The monoisotopic (exact) mass is 332 g/mol. The minimum atomic E-state index is -0.371. The van der Waals surface area contributed by atoms with Crippen molar-refractivity contribution in [2.75, 3.05) is 12.3 Å². The van der Waals surface area contributed by atoms with Crippen molar-refractivity contribution in [3.05, 3.63) is 60.4 Å². The Bertz CT molecular complexity index is 1090. The zero-order valence-electron chi connectivity index (χ0n) is 13.6. The summed E-state index contributed by atoms with van der Waals surface area (Å²) in [6, 6.07) is 13.3. The summed E-state index contributed by atoms with van der Waals surface area (Å²) in [6.07, 6.45) is 3.48. The van der Waals surface area contributed by atoms with Crippen LogP contribution in [0.1, 0.15) is 17.3 Å². The smallest absolute Gasteiger partial charge is 0.339 e. The highest BCUT2D eigenvalue weighted by atomic mass is 16.5. The van der Waals surface area contributed by atoms with Crippen molar-refractivity contribution in [1.82, 2.24) is 14.4 Å². The third-order valence-corrected chi connectivity index (χ3v) is 4.03. The zero-order chi connectivity index (χ0) is 17.4. The van der Waals surface area contributed by atoms with Gasteiger partial charge in [0, 0.05) is 18.0 Å². The normalized spacial score (nSPS) is 11.1. The van der Waals surface area contributed by atoms with Crippen molar-refractivity contribution >= 4 is 28.3 Å². The molecule has 0 bridgehead atoms. The van der Waals surface area contributed by atoms with Crippen molar-refractivity contribution < 1.29 is 9.53 Å². The molecule has 0 radical (unpaired) electrons. The van der Waals surface area contributed by atoms with E-state index in [2.05, 4.69) is 9.97 Å². The number of hydrogen-bond donors (Lipinski definition) is 1. The number of esters is 1. The topological polar surface area (TPSA) is 82.5 Å². The number of ether oxygens (including phenoxy) is 1. The lowest BCUT2D eigenvalue weighted by atomic mass is 10.1. The standard InChI is InChI=1S/C19H16N4O2/c1-2-25-19(24)13-10-17-18(20)22-15-9-12(14-5-3-4-8-21-14)6-7-16(15)23(17)11-13/h3-11H,2H2,1H3,(H2,20,22). The van der Waals surface area contributed by atoms with Gasteiger partial charge in [-0.1, -0.05) is 12.1 Å². The van der Waals surface area contributed by atoms with Crippen LogP contribution in [0.2, 0.25) is 0 Å². The maximum Gasteiger partial charge on any atom is 0.339 e. The average Bonchev–Trinajstić information content (AvgIpc) is 3.09. The van der Waals surface area contributed by atoms with Gasteiger partial charge in [0.1, 0.15) is 5.82 Å². The third kappa shape index (κ3) is 2.57. The van der Waals surface area contributed by atoms with Gasteiger partial charge < -0.3 is 14.9 Å². The van der Waals surface area contributed by atoms with Crippen LogP contribution in [0.15, 0.2) is 54.9 Å². The van der Waals surface area contributed by atoms with Crippen LogP contribution in [-0.4, -0.2) is 26.9 Å². The molecule has 6 nitrogen and oxygen atoms in total. The Morgan fingerprint density at radius 3 is 2.84 bits per heavy atom. The number of nitrogens with zero attached hydrogens (tertiary/aromatic N) is 3. The molecular weight excluding hydrogens is 316 g/mol. The van der Waals surface area contributed by atoms with Crippen LogP contribution in [0.4, 0.5) is 5.82 Å². The predicted octanol–water partition coefficient (Wildman–Crippen LogP) is 3.31. The summed E-state index contributed by atoms with van der Waals surface area (Å²) < 4.78 is 6.93. The number of aromatic nitrogens is 3. The van der Waals surface area contributed by atoms with E-state index in [4.69, 9.17) is 10.5 Å². The average molecular weight is 332 g/mol. The Labute approximate surface area is 143 Å². The van der Waals surface area contributed by atoms with E-state index in [1.54, 1.807) is 25.4 Å². The van der Waals surface area contributed by atoms with Crippen LogP contribution in [-0.2, 0) is 4.74 Å². The SMILES string of the molecule is CCOC(=O)c1cc2c(N)nc3cc(-c4ccccn4)ccc3n2c1. The number of carbonyl (C=O) groups excluding carboxylic acids is 1. The first-order valence-corrected chi connectivity index (χ1v) is 7.97. The highest BCUT2D eigenvalue weighted by molar-refractivity contribution is 5.95. The summed E-state index contributed by atoms with van der Waals surface area (Å²) in [7, 11) is 0. The van der Waals surface area contributed by atoms with Crippen LogP contribution >= 0.6 is 0 Å². The Kier molecular flexibility index (Phi) is 3.57. The quantitative estimate of drug-likeness (QED) is 0.582. The number of anilines is 1. The lowest BCUT2D eigenvalue weighted by molar-refractivity contribution is 0.0526. The first-order valence-electron chi connectivity index (χ1n) is 7.97. The molecule has 0 unspecified atom stereocenters. The number of fused-ring (bicyclic) bond motifs is 3. The Balaban J connectivity index is 1.90. The van der Waals surface area contributed by atoms with Gasteiger partial charge in [-0.25, -0.2) is 9.78 Å². The molecule has 124 valence electrons. The molecule has 25 heavy (non-hydrogen) atoms. The van der Waals surface area contributed by atoms with Crippen molar-refractivity contribution in [3.8, 4) is 11.3 Å². The minimum Gasteiger partial charge on any atom is -0.462 e. The van der Waals surface area contributed by atoms with E-state index in [-0.39, 0.29) is 5.97 Å². The van der Waals surface area contributed by atoms with E-state index in [0.717, 1.165) is 22.3 Å². The van der Waals surface area contributed by atoms with Crippen LogP contribution in [0.3, 0.4) is 0 Å². The molecule has 0 aliphatic rings. The molecule has 3 heterocycles. The van der Waals surface area contributed by atoms with Gasteiger partial charge in [0.2, 0.25) is 0 Å². The van der Waals surface area contributed by atoms with Gasteiger partial charge in [-0.3, -0.25) is 4.98 Å². The molecule has 0 saturated carbocycles. The maximum absolute atomic E-state index is 12.0. The third-order valence-electron chi connectivity index (χ3n) is 4.03. The summed E-state index contributed by atoms with van der Waals surface area (Å²) in [4.78, 5) is 20.8. The van der Waals surface area contributed by atoms with Crippen LogP contribution < -0.4 is 5.73 Å². The maximum atomic E-state index is 12.0. The first-order chi connectivity index (χ1) is 12.2. The number of nitrogen functional groups attached to an aromatic ring is 1. The highest BCUT2D eigenvalue weighted by Gasteiger charge is 2.14. The van der Waals surface area contributed by atoms with Crippen LogP contribution in [0, 0.1) is 0 Å². The van der Waals surface area contributed by atoms with Crippen LogP contribution in [0.5, 0.6) is 0 Å². The summed E-state index contributed by atoms with van der Waals surface area (Å²) in [6.45, 7) is 2.10. The predicted molar refractivity (Wildman–Crippen MR) is 96.3 cm³/mol. The fourth-order valence-corrected chi connectivity index (χ4v) is 2.88. The van der Waals surface area contributed by atoms with Crippen LogP contribution in [0.25, 0.3) is 27.8 Å². The van der Waals surface area contributed by atoms with Crippen molar-refractivity contribution in [1.29, 1.82) is 0 Å². The molecule has 0 aliphatic heterocycles. The molecule has 0 saturated heterocycles. The molecule has 4 rings (SSSR count). The molecule has 0 atom stereocenters. The number of carbonyl (C=O) groups is 1. The summed E-state index contributed by atoms with van der Waals surface area (Å²) in [5.41, 5.74) is 10.7. The largest absolute Gasteiger partial charge is 0.462 e. The molecule has 0 spiro atoms. The second-order valence-corrected chi connectivity index (χ2v) is 5.62. The van der Waals surface area contributed by atoms with E-state index >= 15 is 0 Å². The fourth-order valence-electron chi connectivity index (χ4n) is 2.88. The summed E-state index contributed by atoms with van der Waals surface area (Å²) in [5, 5.41) is 0. The number of pyridine rings is 1. The molecule has 0 amide bonds. The van der Waals surface area contributed by atoms with Gasteiger partial charge in [-0.15, -0.1) is 0 Å². The summed E-state index contributed by atoms with van der Waals surface area (Å²) in [5.74, 6) is -0.00919. The lowest BCUT2D eigenvalue weighted by Gasteiger charge is -2.07. The number of hydrogen-bond acceptors (Lipinski definition) is 5. The van der Waals surface area contributed by atoms with E-state index in [0.29, 0.717) is 23.5 Å². The van der Waals surface area contributed by atoms with Gasteiger partial charge >= 0.3 is 5.97 Å². The number of nitrogens with two attached hydrogens (primary N) is 1. The van der Waals surface area contributed by atoms with Crippen molar-refractivity contribution in [2.45, 2.75) is 6.92 Å². The highest BCUT2D eigenvalue weighted by Crippen LogP contribution is 2.26. The Hall–Kier alpha value is -3.41. The number of benzene rings is 1. The van der Waals surface area contributed by atoms with Gasteiger partial charge in [0.15, 0.2) is 0 Å². The molecule has 3 aromatic heterocycles. The van der Waals surface area contributed by atoms with Crippen molar-refractivity contribution in [3.63, 3.8) is 0 Å². The molecule has 1 aromatic carbocycles.